The van der Waals surface area contributed by atoms with Crippen molar-refractivity contribution >= 4 is 23.5 Å². The molecule has 0 bridgehead atoms. The summed E-state index contributed by atoms with van der Waals surface area (Å²) in [5.74, 6) is 0.582. The summed E-state index contributed by atoms with van der Waals surface area (Å²) in [7, 11) is 0. The van der Waals surface area contributed by atoms with Crippen molar-refractivity contribution in [1.29, 1.82) is 0 Å². The topological polar surface area (TPSA) is 95.1 Å². The number of amides is 3. The van der Waals surface area contributed by atoms with E-state index in [2.05, 4.69) is 50.4 Å². The summed E-state index contributed by atoms with van der Waals surface area (Å²) in [6, 6.07) is 19.1. The van der Waals surface area contributed by atoms with Gasteiger partial charge in [-0.1, -0.05) is 43.3 Å². The second-order valence-electron chi connectivity index (χ2n) is 10.2. The number of ether oxygens (including phenoxy) is 1. The van der Waals surface area contributed by atoms with Gasteiger partial charge in [0, 0.05) is 56.5 Å². The van der Waals surface area contributed by atoms with Crippen molar-refractivity contribution in [2.24, 2.45) is 0 Å². The Morgan fingerprint density at radius 1 is 0.975 bits per heavy atom. The fraction of sp³-hybridized carbons (Fsp3) is 0.355. The third kappa shape index (κ3) is 6.15. The van der Waals surface area contributed by atoms with Crippen molar-refractivity contribution in [2.45, 2.75) is 46.0 Å². The Labute approximate surface area is 234 Å². The molecular formula is C31H35N5O4. The van der Waals surface area contributed by atoms with Gasteiger partial charge >= 0.3 is 0 Å². The Bertz CT molecular complexity index is 1350. The summed E-state index contributed by atoms with van der Waals surface area (Å²) >= 11 is 0. The summed E-state index contributed by atoms with van der Waals surface area (Å²) in [4.78, 5) is 47.8. The highest BCUT2D eigenvalue weighted by Crippen LogP contribution is 2.32. The average molecular weight is 542 g/mol. The van der Waals surface area contributed by atoms with E-state index >= 15 is 0 Å². The first kappa shape index (κ1) is 27.3. The number of rotatable bonds is 9. The molecule has 1 aromatic heterocycles. The van der Waals surface area contributed by atoms with Crippen LogP contribution in [0.3, 0.4) is 0 Å². The number of aromatic nitrogens is 1. The second kappa shape index (κ2) is 12.3. The zero-order chi connectivity index (χ0) is 28.1. The van der Waals surface area contributed by atoms with E-state index in [0.29, 0.717) is 17.9 Å². The van der Waals surface area contributed by atoms with Gasteiger partial charge in [0.25, 0.3) is 5.91 Å². The van der Waals surface area contributed by atoms with Gasteiger partial charge in [0.15, 0.2) is 0 Å². The van der Waals surface area contributed by atoms with Gasteiger partial charge in [-0.25, -0.2) is 4.98 Å². The minimum atomic E-state index is -0.770. The predicted molar refractivity (Wildman–Crippen MR) is 152 cm³/mol. The van der Waals surface area contributed by atoms with Crippen molar-refractivity contribution in [3.05, 3.63) is 89.1 Å². The standard InChI is InChI=1S/C31H35N5O4/c1-3-29(37)33-30(38)22(2)36-20-26-25(31(36)39)7-6-8-27(26)40-21-24-12-10-23(11-13-24)19-34-15-17-35(18-16-34)28-9-4-5-14-32-28/h4-14,22H,3,15-21H2,1-2H3,(H,33,37,38). The third-order valence-corrected chi connectivity index (χ3v) is 7.55. The highest BCUT2D eigenvalue weighted by atomic mass is 16.5. The largest absolute Gasteiger partial charge is 0.489 e. The van der Waals surface area contributed by atoms with Crippen molar-refractivity contribution in [2.75, 3.05) is 31.1 Å². The van der Waals surface area contributed by atoms with Crippen molar-refractivity contribution < 1.29 is 19.1 Å². The first-order chi connectivity index (χ1) is 19.4. The molecule has 1 atom stereocenters. The van der Waals surface area contributed by atoms with Gasteiger partial charge < -0.3 is 14.5 Å². The first-order valence-electron chi connectivity index (χ1n) is 13.8. The zero-order valence-electron chi connectivity index (χ0n) is 23.0. The number of imide groups is 1. The fourth-order valence-corrected chi connectivity index (χ4v) is 5.08. The number of anilines is 1. The molecule has 208 valence electrons. The van der Waals surface area contributed by atoms with Gasteiger partial charge in [0.1, 0.15) is 24.2 Å². The molecule has 2 aliphatic rings. The SMILES string of the molecule is CCC(=O)NC(=O)C(C)N1Cc2c(OCc3ccc(CN4CCN(c5ccccn5)CC4)cc3)cccc2C1=O. The Kier molecular flexibility index (Phi) is 8.40. The van der Waals surface area contributed by atoms with Gasteiger partial charge in [-0.3, -0.25) is 24.6 Å². The van der Waals surface area contributed by atoms with Crippen molar-refractivity contribution in [3.8, 4) is 5.75 Å². The van der Waals surface area contributed by atoms with Gasteiger partial charge in [0.2, 0.25) is 11.8 Å². The van der Waals surface area contributed by atoms with Crippen LogP contribution in [0.2, 0.25) is 0 Å². The molecule has 40 heavy (non-hydrogen) atoms. The predicted octanol–water partition coefficient (Wildman–Crippen LogP) is 3.38. The number of nitrogens with one attached hydrogen (secondary N) is 1. The molecule has 2 aromatic carbocycles. The van der Waals surface area contributed by atoms with Crippen molar-refractivity contribution in [3.63, 3.8) is 0 Å². The lowest BCUT2D eigenvalue weighted by Gasteiger charge is -2.35. The Morgan fingerprint density at radius 2 is 1.73 bits per heavy atom. The Morgan fingerprint density at radius 3 is 2.42 bits per heavy atom. The monoisotopic (exact) mass is 541 g/mol. The number of benzene rings is 2. The van der Waals surface area contributed by atoms with Gasteiger partial charge in [-0.15, -0.1) is 0 Å². The van der Waals surface area contributed by atoms with Crippen LogP contribution in [0.25, 0.3) is 0 Å². The minimum absolute atomic E-state index is 0.204. The summed E-state index contributed by atoms with van der Waals surface area (Å²) in [6.07, 6.45) is 2.04. The maximum absolute atomic E-state index is 13.0. The molecular weight excluding hydrogens is 506 g/mol. The molecule has 1 saturated heterocycles. The number of nitrogens with zero attached hydrogens (tertiary/aromatic N) is 4. The quantitative estimate of drug-likeness (QED) is 0.444. The number of hydrogen-bond donors (Lipinski definition) is 1. The lowest BCUT2D eigenvalue weighted by Crippen LogP contribution is -2.46. The van der Waals surface area contributed by atoms with Crippen LogP contribution in [0.15, 0.2) is 66.9 Å². The molecule has 3 aromatic rings. The Hall–Kier alpha value is -4.24. The van der Waals surface area contributed by atoms with Gasteiger partial charge in [0.05, 0.1) is 6.54 Å². The van der Waals surface area contributed by atoms with E-state index in [9.17, 15) is 14.4 Å². The van der Waals surface area contributed by atoms with E-state index < -0.39 is 11.9 Å². The molecule has 9 heteroatoms. The van der Waals surface area contributed by atoms with Crippen LogP contribution in [0.5, 0.6) is 5.75 Å². The van der Waals surface area contributed by atoms with E-state index in [4.69, 9.17) is 4.74 Å². The molecule has 1 unspecified atom stereocenters. The van der Waals surface area contributed by atoms with E-state index in [-0.39, 0.29) is 24.8 Å². The molecule has 0 aliphatic carbocycles. The maximum atomic E-state index is 13.0. The average Bonchev–Trinajstić information content (AvgIpc) is 3.33. The number of piperazine rings is 1. The lowest BCUT2D eigenvalue weighted by molar-refractivity contribution is -0.132. The molecule has 0 radical (unpaired) electrons. The highest BCUT2D eigenvalue weighted by molar-refractivity contribution is 6.04. The van der Waals surface area contributed by atoms with Crippen LogP contribution in [0.1, 0.15) is 47.3 Å². The molecule has 3 amide bonds. The molecule has 9 nitrogen and oxygen atoms in total. The van der Waals surface area contributed by atoms with E-state index in [1.54, 1.807) is 26.0 Å². The summed E-state index contributed by atoms with van der Waals surface area (Å²) in [5.41, 5.74) is 3.58. The smallest absolute Gasteiger partial charge is 0.255 e. The zero-order valence-corrected chi connectivity index (χ0v) is 23.0. The molecule has 0 spiro atoms. The van der Waals surface area contributed by atoms with Crippen LogP contribution in [0, 0.1) is 0 Å². The summed E-state index contributed by atoms with van der Waals surface area (Å²) in [5, 5.41) is 2.34. The number of carbonyl (C=O) groups excluding carboxylic acids is 3. The van der Waals surface area contributed by atoms with E-state index in [0.717, 1.165) is 49.7 Å². The second-order valence-corrected chi connectivity index (χ2v) is 10.2. The van der Waals surface area contributed by atoms with Gasteiger partial charge in [-0.05, 0) is 42.3 Å². The fourth-order valence-electron chi connectivity index (χ4n) is 5.08. The Balaban J connectivity index is 1.14. The number of fused-ring (bicyclic) bond motifs is 1. The third-order valence-electron chi connectivity index (χ3n) is 7.55. The maximum Gasteiger partial charge on any atom is 0.255 e. The first-order valence-corrected chi connectivity index (χ1v) is 13.8. The molecule has 0 saturated carbocycles. The van der Waals surface area contributed by atoms with E-state index in [1.807, 2.05) is 24.4 Å². The number of hydrogen-bond acceptors (Lipinski definition) is 7. The summed E-state index contributed by atoms with van der Waals surface area (Å²) in [6.45, 7) is 8.74. The summed E-state index contributed by atoms with van der Waals surface area (Å²) < 4.78 is 6.14. The molecule has 2 aliphatic heterocycles. The molecule has 3 heterocycles. The van der Waals surface area contributed by atoms with Crippen LogP contribution in [-0.4, -0.2) is 64.7 Å². The van der Waals surface area contributed by atoms with Crippen LogP contribution < -0.4 is 15.0 Å². The van der Waals surface area contributed by atoms with Crippen LogP contribution >= 0.6 is 0 Å². The molecule has 5 rings (SSSR count). The molecule has 1 N–H and O–H groups in total. The normalized spacial score (nSPS) is 16.0. The van der Waals surface area contributed by atoms with E-state index in [1.165, 1.54) is 10.5 Å². The van der Waals surface area contributed by atoms with Crippen LogP contribution in [0.4, 0.5) is 5.82 Å². The molecule has 1 fully saturated rings. The lowest BCUT2D eigenvalue weighted by atomic mass is 10.1. The minimum Gasteiger partial charge on any atom is -0.489 e. The highest BCUT2D eigenvalue weighted by Gasteiger charge is 2.36. The van der Waals surface area contributed by atoms with Gasteiger partial charge in [-0.2, -0.15) is 0 Å². The van der Waals surface area contributed by atoms with Crippen LogP contribution in [-0.2, 0) is 29.3 Å². The number of pyridine rings is 1. The number of carbonyl (C=O) groups is 3. The van der Waals surface area contributed by atoms with Crippen molar-refractivity contribution in [1.82, 2.24) is 20.1 Å².